The predicted molar refractivity (Wildman–Crippen MR) is 101 cm³/mol. The first-order chi connectivity index (χ1) is 13.5. The molecule has 0 saturated carbocycles. The molecule has 2 fully saturated rings. The van der Waals surface area contributed by atoms with Crippen LogP contribution in [-0.2, 0) is 11.0 Å². The van der Waals surface area contributed by atoms with Crippen LogP contribution >= 0.6 is 0 Å². The minimum atomic E-state index is -4.50. The average Bonchev–Trinajstić information content (AvgIpc) is 2.72. The standard InChI is InChI=1S/C20H23F3N4O/c21-20(22,23)19-10-17(15-5-1-2-6-16(15)25-19)26-8-9-27(13-28)18(12-26)14-4-3-7-24-11-14/h1-2,5-6,10,13-14,18,24H,3-4,7-9,11-12H2. The number of rotatable bonds is 3. The molecule has 4 rings (SSSR count). The smallest absolute Gasteiger partial charge is 0.367 e. The Bertz CT molecular complexity index is 851. The highest BCUT2D eigenvalue weighted by molar-refractivity contribution is 5.92. The van der Waals surface area contributed by atoms with Crippen molar-refractivity contribution < 1.29 is 18.0 Å². The van der Waals surface area contributed by atoms with Gasteiger partial charge in [-0.3, -0.25) is 4.79 Å². The zero-order valence-electron chi connectivity index (χ0n) is 15.5. The molecule has 8 heteroatoms. The molecule has 28 heavy (non-hydrogen) atoms. The number of halogens is 3. The highest BCUT2D eigenvalue weighted by atomic mass is 19.4. The number of nitrogens with one attached hydrogen (secondary N) is 1. The molecule has 1 N–H and O–H groups in total. The second kappa shape index (κ2) is 7.58. The van der Waals surface area contributed by atoms with E-state index in [2.05, 4.69) is 10.3 Å². The van der Waals surface area contributed by atoms with E-state index in [1.165, 1.54) is 0 Å². The van der Waals surface area contributed by atoms with Gasteiger partial charge in [-0.25, -0.2) is 4.98 Å². The van der Waals surface area contributed by atoms with E-state index in [-0.39, 0.29) is 6.04 Å². The lowest BCUT2D eigenvalue weighted by molar-refractivity contribution is -0.140. The summed E-state index contributed by atoms with van der Waals surface area (Å²) in [5, 5.41) is 4.07. The van der Waals surface area contributed by atoms with E-state index in [0.717, 1.165) is 38.4 Å². The van der Waals surface area contributed by atoms with Crippen molar-refractivity contribution in [1.82, 2.24) is 15.2 Å². The van der Waals surface area contributed by atoms with Crippen molar-refractivity contribution >= 4 is 23.0 Å². The van der Waals surface area contributed by atoms with Crippen LogP contribution in [0.15, 0.2) is 30.3 Å². The molecular weight excluding hydrogens is 369 g/mol. The van der Waals surface area contributed by atoms with E-state index >= 15 is 0 Å². The number of benzene rings is 1. The molecule has 0 radical (unpaired) electrons. The van der Waals surface area contributed by atoms with Crippen molar-refractivity contribution in [1.29, 1.82) is 0 Å². The van der Waals surface area contributed by atoms with Crippen molar-refractivity contribution in [2.45, 2.75) is 25.1 Å². The Labute approximate surface area is 161 Å². The van der Waals surface area contributed by atoms with Crippen LogP contribution in [0.2, 0.25) is 0 Å². The van der Waals surface area contributed by atoms with Crippen LogP contribution in [0.4, 0.5) is 18.9 Å². The number of alkyl halides is 3. The molecule has 2 aliphatic rings. The largest absolute Gasteiger partial charge is 0.433 e. The number of hydrogen-bond donors (Lipinski definition) is 1. The van der Waals surface area contributed by atoms with Gasteiger partial charge in [-0.15, -0.1) is 0 Å². The molecule has 2 aromatic rings. The highest BCUT2D eigenvalue weighted by Gasteiger charge is 2.36. The number of amides is 1. The topological polar surface area (TPSA) is 48.5 Å². The fourth-order valence-electron chi connectivity index (χ4n) is 4.36. The lowest BCUT2D eigenvalue weighted by atomic mass is 9.89. The fraction of sp³-hybridized carbons (Fsp3) is 0.500. The van der Waals surface area contributed by atoms with Crippen LogP contribution in [0.3, 0.4) is 0 Å². The number of pyridine rings is 1. The number of nitrogens with zero attached hydrogens (tertiary/aromatic N) is 3. The molecule has 2 saturated heterocycles. The van der Waals surface area contributed by atoms with Crippen molar-refractivity contribution in [3.8, 4) is 0 Å². The van der Waals surface area contributed by atoms with Crippen molar-refractivity contribution in [3.05, 3.63) is 36.0 Å². The molecule has 2 aliphatic heterocycles. The van der Waals surface area contributed by atoms with E-state index in [4.69, 9.17) is 0 Å². The molecule has 0 aliphatic carbocycles. The van der Waals surface area contributed by atoms with Crippen LogP contribution in [0.25, 0.3) is 10.9 Å². The maximum Gasteiger partial charge on any atom is 0.433 e. The summed E-state index contributed by atoms with van der Waals surface area (Å²) >= 11 is 0. The van der Waals surface area contributed by atoms with Gasteiger partial charge in [0.1, 0.15) is 5.69 Å². The van der Waals surface area contributed by atoms with Gasteiger partial charge < -0.3 is 15.1 Å². The van der Waals surface area contributed by atoms with Crippen LogP contribution in [-0.4, -0.2) is 55.1 Å². The fourth-order valence-corrected chi connectivity index (χ4v) is 4.36. The summed E-state index contributed by atoms with van der Waals surface area (Å²) in [6.45, 7) is 3.32. The molecule has 0 spiro atoms. The summed E-state index contributed by atoms with van der Waals surface area (Å²) in [5.74, 6) is 0.303. The molecule has 5 nitrogen and oxygen atoms in total. The first-order valence-corrected chi connectivity index (χ1v) is 9.61. The van der Waals surface area contributed by atoms with E-state index in [9.17, 15) is 18.0 Å². The molecule has 1 amide bonds. The number of carbonyl (C=O) groups excluding carboxylic acids is 1. The zero-order valence-corrected chi connectivity index (χ0v) is 15.5. The van der Waals surface area contributed by atoms with Gasteiger partial charge in [0, 0.05) is 30.7 Å². The second-order valence-electron chi connectivity index (χ2n) is 7.50. The third-order valence-corrected chi connectivity index (χ3v) is 5.80. The normalized spacial score (nSPS) is 23.8. The monoisotopic (exact) mass is 392 g/mol. The van der Waals surface area contributed by atoms with Crippen molar-refractivity contribution in [3.63, 3.8) is 0 Å². The molecule has 2 unspecified atom stereocenters. The Morgan fingerprint density at radius 1 is 1.21 bits per heavy atom. The van der Waals surface area contributed by atoms with Crippen LogP contribution in [0.5, 0.6) is 0 Å². The highest BCUT2D eigenvalue weighted by Crippen LogP contribution is 2.36. The SMILES string of the molecule is O=CN1CCN(c2cc(C(F)(F)F)nc3ccccc23)CC1C1CCCNC1. The molecule has 150 valence electrons. The number of carbonyl (C=O) groups is 1. The lowest BCUT2D eigenvalue weighted by Crippen LogP contribution is -2.57. The Morgan fingerprint density at radius 2 is 2.04 bits per heavy atom. The van der Waals surface area contributed by atoms with Gasteiger partial charge in [-0.05, 0) is 44.0 Å². The van der Waals surface area contributed by atoms with Gasteiger partial charge in [0.2, 0.25) is 6.41 Å². The van der Waals surface area contributed by atoms with E-state index in [1.54, 1.807) is 18.2 Å². The van der Waals surface area contributed by atoms with E-state index < -0.39 is 11.9 Å². The zero-order chi connectivity index (χ0) is 19.7. The number of anilines is 1. The van der Waals surface area contributed by atoms with Crippen LogP contribution < -0.4 is 10.2 Å². The number of para-hydroxylation sites is 1. The molecular formula is C20H23F3N4O. The number of fused-ring (bicyclic) bond motifs is 1. The summed E-state index contributed by atoms with van der Waals surface area (Å²) in [6.07, 6.45) is -1.57. The van der Waals surface area contributed by atoms with Gasteiger partial charge >= 0.3 is 6.18 Å². The first kappa shape index (κ1) is 19.0. The first-order valence-electron chi connectivity index (χ1n) is 9.61. The van der Waals surface area contributed by atoms with E-state index in [0.29, 0.717) is 42.1 Å². The number of aromatic nitrogens is 1. The number of piperazine rings is 1. The molecule has 3 heterocycles. The third kappa shape index (κ3) is 3.65. The Balaban J connectivity index is 1.71. The van der Waals surface area contributed by atoms with E-state index in [1.807, 2.05) is 15.9 Å². The minimum Gasteiger partial charge on any atom is -0.367 e. The lowest BCUT2D eigenvalue weighted by Gasteiger charge is -2.45. The summed E-state index contributed by atoms with van der Waals surface area (Å²) < 4.78 is 40.2. The Kier molecular flexibility index (Phi) is 5.14. The summed E-state index contributed by atoms with van der Waals surface area (Å²) in [4.78, 5) is 19.2. The maximum absolute atomic E-state index is 13.4. The summed E-state index contributed by atoms with van der Waals surface area (Å²) in [7, 11) is 0. The molecule has 1 aromatic heterocycles. The molecule has 1 aromatic carbocycles. The predicted octanol–water partition coefficient (Wildman–Crippen LogP) is 2.90. The summed E-state index contributed by atoms with van der Waals surface area (Å²) in [6, 6.07) is 8.06. The van der Waals surface area contributed by atoms with Gasteiger partial charge in [0.25, 0.3) is 0 Å². The maximum atomic E-state index is 13.4. The van der Waals surface area contributed by atoms with Crippen molar-refractivity contribution in [2.75, 3.05) is 37.6 Å². The van der Waals surface area contributed by atoms with Crippen molar-refractivity contribution in [2.24, 2.45) is 5.92 Å². The Hall–Kier alpha value is -2.35. The van der Waals surface area contributed by atoms with Gasteiger partial charge in [0.15, 0.2) is 0 Å². The van der Waals surface area contributed by atoms with Crippen LogP contribution in [0, 0.1) is 5.92 Å². The average molecular weight is 392 g/mol. The second-order valence-corrected chi connectivity index (χ2v) is 7.50. The van der Waals surface area contributed by atoms with Crippen LogP contribution in [0.1, 0.15) is 18.5 Å². The van der Waals surface area contributed by atoms with Gasteiger partial charge in [-0.2, -0.15) is 13.2 Å². The third-order valence-electron chi connectivity index (χ3n) is 5.80. The number of piperidine rings is 1. The van der Waals surface area contributed by atoms with Gasteiger partial charge in [-0.1, -0.05) is 18.2 Å². The summed E-state index contributed by atoms with van der Waals surface area (Å²) in [5.41, 5.74) is -0.00633. The minimum absolute atomic E-state index is 0.0136. The Morgan fingerprint density at radius 3 is 2.75 bits per heavy atom. The molecule has 2 atom stereocenters. The molecule has 0 bridgehead atoms. The number of hydrogen-bond acceptors (Lipinski definition) is 4. The quantitative estimate of drug-likeness (QED) is 0.816. The van der Waals surface area contributed by atoms with Gasteiger partial charge in [0.05, 0.1) is 11.6 Å².